The second kappa shape index (κ2) is 4.32. The van der Waals surface area contributed by atoms with E-state index in [1.54, 1.807) is 6.33 Å². The predicted octanol–water partition coefficient (Wildman–Crippen LogP) is 4.26. The molecule has 1 aromatic heterocycles. The molecular weight excluding hydrogens is 270 g/mol. The average molecular weight is 284 g/mol. The highest BCUT2D eigenvalue weighted by atomic mass is 35.5. The maximum Gasteiger partial charge on any atom is 0.134 e. The highest BCUT2D eigenvalue weighted by Gasteiger charge is 2.27. The van der Waals surface area contributed by atoms with Crippen molar-refractivity contribution in [3.63, 3.8) is 0 Å². The third-order valence-corrected chi connectivity index (χ3v) is 4.27. The van der Waals surface area contributed by atoms with Gasteiger partial charge in [-0.25, -0.2) is 0 Å². The molecule has 1 saturated carbocycles. The zero-order valence-corrected chi connectivity index (χ0v) is 11.9. The molecule has 0 unspecified atom stereocenters. The number of nitrogens with zero attached hydrogens (tertiary/aromatic N) is 3. The van der Waals surface area contributed by atoms with Gasteiger partial charge in [0.1, 0.15) is 12.2 Å². The van der Waals surface area contributed by atoms with E-state index < -0.39 is 0 Å². The molecule has 4 heteroatoms. The van der Waals surface area contributed by atoms with Gasteiger partial charge in [0.15, 0.2) is 0 Å². The molecule has 1 fully saturated rings. The van der Waals surface area contributed by atoms with Crippen molar-refractivity contribution in [2.75, 3.05) is 0 Å². The fourth-order valence-electron chi connectivity index (χ4n) is 2.84. The Kier molecular flexibility index (Phi) is 2.57. The van der Waals surface area contributed by atoms with Crippen LogP contribution in [-0.4, -0.2) is 14.8 Å². The van der Waals surface area contributed by atoms with Crippen LogP contribution in [0.25, 0.3) is 16.5 Å². The van der Waals surface area contributed by atoms with Crippen molar-refractivity contribution in [3.05, 3.63) is 53.1 Å². The van der Waals surface area contributed by atoms with E-state index in [1.807, 2.05) is 11.5 Å². The summed E-state index contributed by atoms with van der Waals surface area (Å²) in [5.41, 5.74) is 2.36. The normalized spacial score (nSPS) is 14.9. The molecule has 0 spiro atoms. The summed E-state index contributed by atoms with van der Waals surface area (Å²) < 4.78 is 1.96. The second-order valence-corrected chi connectivity index (χ2v) is 5.77. The molecule has 0 aliphatic heterocycles. The number of hydrogen-bond acceptors (Lipinski definition) is 2. The summed E-state index contributed by atoms with van der Waals surface area (Å²) in [5.74, 6) is 1.52. The van der Waals surface area contributed by atoms with Gasteiger partial charge in [-0.05, 0) is 42.7 Å². The molecule has 0 N–H and O–H groups in total. The van der Waals surface area contributed by atoms with Crippen LogP contribution < -0.4 is 0 Å². The summed E-state index contributed by atoms with van der Waals surface area (Å²) in [6, 6.07) is 10.6. The maximum atomic E-state index is 6.57. The Balaban J connectivity index is 2.09. The van der Waals surface area contributed by atoms with Gasteiger partial charge in [-0.2, -0.15) is 0 Å². The SMILES string of the molecule is Cc1nncn1-c1c(Cl)cc(C2CC2)c2ccccc12. The lowest BCUT2D eigenvalue weighted by Gasteiger charge is -2.14. The Morgan fingerprint density at radius 2 is 1.95 bits per heavy atom. The van der Waals surface area contributed by atoms with Crippen LogP contribution >= 0.6 is 11.6 Å². The van der Waals surface area contributed by atoms with E-state index in [2.05, 4.69) is 40.5 Å². The Bertz CT molecular complexity index is 803. The number of hydrogen-bond donors (Lipinski definition) is 0. The van der Waals surface area contributed by atoms with E-state index >= 15 is 0 Å². The van der Waals surface area contributed by atoms with Gasteiger partial charge in [-0.3, -0.25) is 4.57 Å². The third kappa shape index (κ3) is 1.74. The lowest BCUT2D eigenvalue weighted by Crippen LogP contribution is -1.99. The minimum atomic E-state index is 0.674. The summed E-state index contributed by atoms with van der Waals surface area (Å²) in [5, 5.41) is 11.3. The number of halogens is 1. The van der Waals surface area contributed by atoms with Gasteiger partial charge in [-0.1, -0.05) is 35.9 Å². The number of aryl methyl sites for hydroxylation is 1. The molecule has 1 aliphatic rings. The molecular formula is C16H14ClN3. The lowest BCUT2D eigenvalue weighted by molar-refractivity contribution is 0.974. The fraction of sp³-hybridized carbons (Fsp3) is 0.250. The summed E-state index contributed by atoms with van der Waals surface area (Å²) in [4.78, 5) is 0. The van der Waals surface area contributed by atoms with E-state index in [-0.39, 0.29) is 0 Å². The van der Waals surface area contributed by atoms with Crippen molar-refractivity contribution in [1.82, 2.24) is 14.8 Å². The van der Waals surface area contributed by atoms with Gasteiger partial charge < -0.3 is 0 Å². The van der Waals surface area contributed by atoms with Crippen LogP contribution in [0.2, 0.25) is 5.02 Å². The lowest BCUT2D eigenvalue weighted by atomic mass is 9.99. The van der Waals surface area contributed by atoms with Gasteiger partial charge in [0.25, 0.3) is 0 Å². The Morgan fingerprint density at radius 3 is 2.60 bits per heavy atom. The average Bonchev–Trinajstić information content (AvgIpc) is 3.21. The van der Waals surface area contributed by atoms with Crippen molar-refractivity contribution in [1.29, 1.82) is 0 Å². The van der Waals surface area contributed by atoms with Crippen LogP contribution in [0, 0.1) is 6.92 Å². The molecule has 0 atom stereocenters. The summed E-state index contributed by atoms with van der Waals surface area (Å²) in [7, 11) is 0. The topological polar surface area (TPSA) is 30.7 Å². The molecule has 100 valence electrons. The first kappa shape index (κ1) is 11.9. The smallest absolute Gasteiger partial charge is 0.134 e. The van der Waals surface area contributed by atoms with Gasteiger partial charge >= 0.3 is 0 Å². The molecule has 0 saturated heterocycles. The van der Waals surface area contributed by atoms with Gasteiger partial charge in [-0.15, -0.1) is 10.2 Å². The molecule has 3 nitrogen and oxygen atoms in total. The van der Waals surface area contributed by atoms with Crippen LogP contribution in [0.1, 0.15) is 30.1 Å². The Morgan fingerprint density at radius 1 is 1.20 bits per heavy atom. The molecule has 4 rings (SSSR count). The van der Waals surface area contributed by atoms with Gasteiger partial charge in [0, 0.05) is 5.39 Å². The monoisotopic (exact) mass is 283 g/mol. The Hall–Kier alpha value is -1.87. The molecule has 1 aliphatic carbocycles. The molecule has 0 amide bonds. The van der Waals surface area contributed by atoms with Crippen molar-refractivity contribution in [2.24, 2.45) is 0 Å². The molecule has 20 heavy (non-hydrogen) atoms. The number of aromatic nitrogens is 3. The zero-order valence-electron chi connectivity index (χ0n) is 11.2. The Labute approximate surface area is 122 Å². The first-order chi connectivity index (χ1) is 9.75. The van der Waals surface area contributed by atoms with E-state index in [0.717, 1.165) is 16.5 Å². The quantitative estimate of drug-likeness (QED) is 0.703. The summed E-state index contributed by atoms with van der Waals surface area (Å²) in [6.07, 6.45) is 4.26. The van der Waals surface area contributed by atoms with Gasteiger partial charge in [0.05, 0.1) is 10.7 Å². The van der Waals surface area contributed by atoms with E-state index in [1.165, 1.54) is 29.2 Å². The van der Waals surface area contributed by atoms with E-state index in [4.69, 9.17) is 11.6 Å². The first-order valence-corrected chi connectivity index (χ1v) is 7.21. The molecule has 1 heterocycles. The standard InChI is InChI=1S/C16H14ClN3/c1-10-19-18-9-20(10)16-13-5-3-2-4-12(13)14(8-15(16)17)11-6-7-11/h2-5,8-9,11H,6-7H2,1H3. The van der Waals surface area contributed by atoms with Crippen molar-refractivity contribution in [2.45, 2.75) is 25.7 Å². The molecule has 3 aromatic rings. The number of benzene rings is 2. The third-order valence-electron chi connectivity index (χ3n) is 3.98. The van der Waals surface area contributed by atoms with Crippen LogP contribution in [0.4, 0.5) is 0 Å². The fourth-order valence-corrected chi connectivity index (χ4v) is 3.15. The molecule has 2 aromatic carbocycles. The van der Waals surface area contributed by atoms with E-state index in [0.29, 0.717) is 5.92 Å². The van der Waals surface area contributed by atoms with Gasteiger partial charge in [0.2, 0.25) is 0 Å². The summed E-state index contributed by atoms with van der Waals surface area (Å²) >= 11 is 6.57. The largest absolute Gasteiger partial charge is 0.284 e. The molecule has 0 bridgehead atoms. The minimum Gasteiger partial charge on any atom is -0.284 e. The van der Waals surface area contributed by atoms with Crippen LogP contribution in [0.3, 0.4) is 0 Å². The predicted molar refractivity (Wildman–Crippen MR) is 80.6 cm³/mol. The van der Waals surface area contributed by atoms with Crippen molar-refractivity contribution in [3.8, 4) is 5.69 Å². The highest BCUT2D eigenvalue weighted by molar-refractivity contribution is 6.34. The second-order valence-electron chi connectivity index (χ2n) is 5.36. The minimum absolute atomic E-state index is 0.674. The first-order valence-electron chi connectivity index (χ1n) is 6.84. The number of fused-ring (bicyclic) bond motifs is 1. The van der Waals surface area contributed by atoms with Crippen molar-refractivity contribution >= 4 is 22.4 Å². The van der Waals surface area contributed by atoms with E-state index in [9.17, 15) is 0 Å². The van der Waals surface area contributed by atoms with Crippen LogP contribution in [0.15, 0.2) is 36.7 Å². The van der Waals surface area contributed by atoms with Crippen LogP contribution in [-0.2, 0) is 0 Å². The summed E-state index contributed by atoms with van der Waals surface area (Å²) in [6.45, 7) is 1.94. The molecule has 0 radical (unpaired) electrons. The maximum absolute atomic E-state index is 6.57. The number of rotatable bonds is 2. The van der Waals surface area contributed by atoms with Crippen LogP contribution in [0.5, 0.6) is 0 Å². The zero-order chi connectivity index (χ0) is 13.7. The van der Waals surface area contributed by atoms with Crippen molar-refractivity contribution < 1.29 is 0 Å². The highest BCUT2D eigenvalue weighted by Crippen LogP contribution is 2.46.